The highest BCUT2D eigenvalue weighted by atomic mass is 19.1. The third-order valence-corrected chi connectivity index (χ3v) is 5.56. The molecule has 0 fully saturated rings. The number of carbonyl (C=O) groups is 2. The van der Waals surface area contributed by atoms with E-state index in [1.54, 1.807) is 13.8 Å². The van der Waals surface area contributed by atoms with Gasteiger partial charge in [-0.2, -0.15) is 0 Å². The Morgan fingerprint density at radius 1 is 0.788 bits per heavy atom. The first-order valence-corrected chi connectivity index (χ1v) is 11.0. The summed E-state index contributed by atoms with van der Waals surface area (Å²) in [6.07, 6.45) is 0.653. The van der Waals surface area contributed by atoms with Gasteiger partial charge in [0.2, 0.25) is 5.91 Å². The number of nitrogens with one attached hydrogen (secondary N) is 2. The topological polar surface area (TPSA) is 58.2 Å². The minimum Gasteiger partial charge on any atom is -0.354 e. The number of amides is 2. The fourth-order valence-corrected chi connectivity index (χ4v) is 3.81. The van der Waals surface area contributed by atoms with Gasteiger partial charge in [-0.05, 0) is 35.6 Å². The van der Waals surface area contributed by atoms with Crippen LogP contribution in [0.5, 0.6) is 0 Å². The van der Waals surface area contributed by atoms with Crippen molar-refractivity contribution in [2.45, 2.75) is 32.2 Å². The van der Waals surface area contributed by atoms with Crippen LogP contribution in [0.15, 0.2) is 78.9 Å². The zero-order valence-electron chi connectivity index (χ0n) is 18.7. The number of carbonyl (C=O) groups excluding carboxylic acids is 2. The van der Waals surface area contributed by atoms with Gasteiger partial charge in [0, 0.05) is 12.5 Å². The van der Waals surface area contributed by atoms with E-state index in [0.717, 1.165) is 23.3 Å². The van der Waals surface area contributed by atoms with Crippen LogP contribution in [0.1, 0.15) is 47.7 Å². The van der Waals surface area contributed by atoms with Crippen molar-refractivity contribution in [2.24, 2.45) is 5.92 Å². The molecular formula is C27H28F2N2O2. The SMILES string of the molecule is CC(C)C(NC(=O)c1c(F)cccc1F)C(=O)NCCC(c1ccccc1)c1ccccc1. The van der Waals surface area contributed by atoms with Crippen LogP contribution in [-0.2, 0) is 4.79 Å². The van der Waals surface area contributed by atoms with E-state index in [2.05, 4.69) is 34.9 Å². The van der Waals surface area contributed by atoms with Gasteiger partial charge in [0.05, 0.1) is 0 Å². The highest BCUT2D eigenvalue weighted by Crippen LogP contribution is 2.27. The minimum absolute atomic E-state index is 0.0901. The highest BCUT2D eigenvalue weighted by molar-refractivity contribution is 5.98. The lowest BCUT2D eigenvalue weighted by atomic mass is 9.88. The maximum absolute atomic E-state index is 14.0. The average Bonchev–Trinajstić information content (AvgIpc) is 2.81. The predicted molar refractivity (Wildman–Crippen MR) is 125 cm³/mol. The van der Waals surface area contributed by atoms with Crippen molar-refractivity contribution >= 4 is 11.8 Å². The van der Waals surface area contributed by atoms with Crippen molar-refractivity contribution in [1.29, 1.82) is 0 Å². The molecule has 172 valence electrons. The summed E-state index contributed by atoms with van der Waals surface area (Å²) in [4.78, 5) is 25.3. The summed E-state index contributed by atoms with van der Waals surface area (Å²) < 4.78 is 27.9. The molecule has 0 spiro atoms. The van der Waals surface area contributed by atoms with E-state index in [9.17, 15) is 18.4 Å². The number of halogens is 2. The van der Waals surface area contributed by atoms with E-state index >= 15 is 0 Å². The van der Waals surface area contributed by atoms with Gasteiger partial charge in [-0.1, -0.05) is 80.6 Å². The molecule has 4 nitrogen and oxygen atoms in total. The summed E-state index contributed by atoms with van der Waals surface area (Å²) in [6, 6.07) is 22.3. The van der Waals surface area contributed by atoms with Crippen molar-refractivity contribution in [2.75, 3.05) is 6.54 Å². The van der Waals surface area contributed by atoms with Gasteiger partial charge in [0.25, 0.3) is 5.91 Å². The van der Waals surface area contributed by atoms with Crippen molar-refractivity contribution in [3.05, 3.63) is 107 Å². The van der Waals surface area contributed by atoms with Crippen LogP contribution in [0.25, 0.3) is 0 Å². The van der Waals surface area contributed by atoms with E-state index in [4.69, 9.17) is 0 Å². The summed E-state index contributed by atoms with van der Waals surface area (Å²) in [5.41, 5.74) is 1.59. The monoisotopic (exact) mass is 450 g/mol. The lowest BCUT2D eigenvalue weighted by Crippen LogP contribution is -2.50. The third-order valence-electron chi connectivity index (χ3n) is 5.56. The molecule has 0 aliphatic rings. The normalized spacial score (nSPS) is 11.9. The smallest absolute Gasteiger partial charge is 0.257 e. The Hall–Kier alpha value is -3.54. The first-order valence-electron chi connectivity index (χ1n) is 11.0. The van der Waals surface area contributed by atoms with Crippen LogP contribution in [0.4, 0.5) is 8.78 Å². The molecule has 3 rings (SSSR count). The number of hydrogen-bond acceptors (Lipinski definition) is 2. The molecule has 3 aromatic carbocycles. The predicted octanol–water partition coefficient (Wildman–Crippen LogP) is 5.06. The average molecular weight is 451 g/mol. The molecular weight excluding hydrogens is 422 g/mol. The molecule has 2 N–H and O–H groups in total. The van der Waals surface area contributed by atoms with Gasteiger partial charge < -0.3 is 10.6 Å². The first kappa shape index (κ1) is 24.1. The number of benzene rings is 3. The van der Waals surface area contributed by atoms with Crippen LogP contribution in [0.3, 0.4) is 0 Å². The molecule has 0 aliphatic carbocycles. The molecule has 0 aromatic heterocycles. The first-order chi connectivity index (χ1) is 15.9. The van der Waals surface area contributed by atoms with E-state index in [1.165, 1.54) is 6.07 Å². The van der Waals surface area contributed by atoms with Crippen molar-refractivity contribution in [3.63, 3.8) is 0 Å². The third kappa shape index (κ3) is 6.25. The summed E-state index contributed by atoms with van der Waals surface area (Å²) >= 11 is 0. The van der Waals surface area contributed by atoms with E-state index in [1.807, 2.05) is 36.4 Å². The molecule has 0 radical (unpaired) electrons. The zero-order chi connectivity index (χ0) is 23.8. The zero-order valence-corrected chi connectivity index (χ0v) is 18.7. The molecule has 0 saturated heterocycles. The van der Waals surface area contributed by atoms with Crippen molar-refractivity contribution < 1.29 is 18.4 Å². The maximum atomic E-state index is 14.0. The number of hydrogen-bond donors (Lipinski definition) is 2. The fourth-order valence-electron chi connectivity index (χ4n) is 3.81. The Kier molecular flexibility index (Phi) is 8.30. The standard InChI is InChI=1S/C27H28F2N2O2/c1-18(2)25(31-26(32)24-22(28)14-9-15-23(24)29)27(33)30-17-16-21(19-10-5-3-6-11-19)20-12-7-4-8-13-20/h3-15,18,21,25H,16-17H2,1-2H3,(H,30,33)(H,31,32). The van der Waals surface area contributed by atoms with E-state index in [0.29, 0.717) is 13.0 Å². The van der Waals surface area contributed by atoms with Gasteiger partial charge in [0.15, 0.2) is 0 Å². The van der Waals surface area contributed by atoms with Gasteiger partial charge in [-0.15, -0.1) is 0 Å². The summed E-state index contributed by atoms with van der Waals surface area (Å²) in [5.74, 6) is -3.47. The largest absolute Gasteiger partial charge is 0.354 e. The molecule has 1 atom stereocenters. The van der Waals surface area contributed by atoms with Crippen LogP contribution < -0.4 is 10.6 Å². The van der Waals surface area contributed by atoms with Crippen LogP contribution in [0, 0.1) is 17.6 Å². The van der Waals surface area contributed by atoms with Crippen molar-refractivity contribution in [1.82, 2.24) is 10.6 Å². The molecule has 0 bridgehead atoms. The van der Waals surface area contributed by atoms with E-state index in [-0.39, 0.29) is 11.8 Å². The Labute approximate surface area is 193 Å². The lowest BCUT2D eigenvalue weighted by Gasteiger charge is -2.23. The quantitative estimate of drug-likeness (QED) is 0.479. The highest BCUT2D eigenvalue weighted by Gasteiger charge is 2.27. The summed E-state index contributed by atoms with van der Waals surface area (Å²) in [5, 5.41) is 5.36. The molecule has 1 unspecified atom stereocenters. The summed E-state index contributed by atoms with van der Waals surface area (Å²) in [7, 11) is 0. The Bertz CT molecular complexity index is 1010. The molecule has 0 heterocycles. The van der Waals surface area contributed by atoms with Crippen LogP contribution in [0.2, 0.25) is 0 Å². The number of rotatable bonds is 9. The fraction of sp³-hybridized carbons (Fsp3) is 0.259. The van der Waals surface area contributed by atoms with Gasteiger partial charge >= 0.3 is 0 Å². The Morgan fingerprint density at radius 3 is 1.79 bits per heavy atom. The molecule has 2 amide bonds. The lowest BCUT2D eigenvalue weighted by molar-refractivity contribution is -0.123. The second-order valence-electron chi connectivity index (χ2n) is 8.25. The second kappa shape index (κ2) is 11.4. The minimum atomic E-state index is -0.969. The van der Waals surface area contributed by atoms with Crippen LogP contribution in [-0.4, -0.2) is 24.4 Å². The molecule has 0 saturated carbocycles. The maximum Gasteiger partial charge on any atom is 0.257 e. The molecule has 6 heteroatoms. The van der Waals surface area contributed by atoms with Crippen LogP contribution >= 0.6 is 0 Å². The van der Waals surface area contributed by atoms with Gasteiger partial charge in [0.1, 0.15) is 23.2 Å². The molecule has 33 heavy (non-hydrogen) atoms. The van der Waals surface area contributed by atoms with Gasteiger partial charge in [-0.25, -0.2) is 8.78 Å². The molecule has 0 aliphatic heterocycles. The Morgan fingerprint density at radius 2 is 1.30 bits per heavy atom. The van der Waals surface area contributed by atoms with Crippen molar-refractivity contribution in [3.8, 4) is 0 Å². The Balaban J connectivity index is 1.67. The molecule has 3 aromatic rings. The van der Waals surface area contributed by atoms with E-state index < -0.39 is 35.1 Å². The second-order valence-corrected chi connectivity index (χ2v) is 8.25. The van der Waals surface area contributed by atoms with Gasteiger partial charge in [-0.3, -0.25) is 9.59 Å². The summed E-state index contributed by atoms with van der Waals surface area (Å²) in [6.45, 7) is 3.90.